The Morgan fingerprint density at radius 2 is 1.90 bits per heavy atom. The summed E-state index contributed by atoms with van der Waals surface area (Å²) in [5.74, 6) is 1.38. The lowest BCUT2D eigenvalue weighted by molar-refractivity contribution is 0.232. The average molecular weight is 271 g/mol. The van der Waals surface area contributed by atoms with Gasteiger partial charge in [0.2, 0.25) is 5.88 Å². The Bertz CT molecular complexity index is 555. The Morgan fingerprint density at radius 3 is 2.60 bits per heavy atom. The van der Waals surface area contributed by atoms with Crippen LogP contribution in [0.5, 0.6) is 5.88 Å². The Hall–Kier alpha value is -2.10. The molecule has 1 heterocycles. The fourth-order valence-corrected chi connectivity index (χ4v) is 2.00. The van der Waals surface area contributed by atoms with Crippen molar-refractivity contribution in [2.45, 2.75) is 39.8 Å². The van der Waals surface area contributed by atoms with E-state index in [9.17, 15) is 0 Å². The van der Waals surface area contributed by atoms with Gasteiger partial charge in [0.05, 0.1) is 6.10 Å². The van der Waals surface area contributed by atoms with E-state index in [2.05, 4.69) is 46.5 Å². The summed E-state index contributed by atoms with van der Waals surface area (Å²) in [7, 11) is 0. The van der Waals surface area contributed by atoms with E-state index in [1.807, 2.05) is 19.9 Å². The van der Waals surface area contributed by atoms with Gasteiger partial charge in [-0.25, -0.2) is 9.97 Å². The van der Waals surface area contributed by atoms with Crippen LogP contribution in [0.3, 0.4) is 0 Å². The predicted molar refractivity (Wildman–Crippen MR) is 80.9 cm³/mol. The van der Waals surface area contributed by atoms with Crippen LogP contribution in [-0.2, 0) is 13.0 Å². The van der Waals surface area contributed by atoms with Gasteiger partial charge in [-0.15, -0.1) is 0 Å². The van der Waals surface area contributed by atoms with Gasteiger partial charge in [0.15, 0.2) is 0 Å². The molecule has 0 atom stereocenters. The molecule has 20 heavy (non-hydrogen) atoms. The van der Waals surface area contributed by atoms with Gasteiger partial charge in [-0.3, -0.25) is 0 Å². The lowest BCUT2D eigenvalue weighted by Gasteiger charge is -2.11. The summed E-state index contributed by atoms with van der Waals surface area (Å²) in [4.78, 5) is 8.31. The molecule has 1 aromatic carbocycles. The van der Waals surface area contributed by atoms with Crippen LogP contribution in [0, 0.1) is 0 Å². The van der Waals surface area contributed by atoms with Gasteiger partial charge in [0.25, 0.3) is 0 Å². The lowest BCUT2D eigenvalue weighted by atomic mass is 10.1. The lowest BCUT2D eigenvalue weighted by Crippen LogP contribution is -2.08. The highest BCUT2D eigenvalue weighted by molar-refractivity contribution is 5.39. The quantitative estimate of drug-likeness (QED) is 0.874. The molecule has 0 spiro atoms. The molecule has 4 heteroatoms. The van der Waals surface area contributed by atoms with Crippen molar-refractivity contribution in [3.63, 3.8) is 0 Å². The zero-order valence-corrected chi connectivity index (χ0v) is 12.3. The molecule has 106 valence electrons. The van der Waals surface area contributed by atoms with E-state index in [1.165, 1.54) is 17.5 Å². The second-order valence-electron chi connectivity index (χ2n) is 4.88. The molecule has 0 amide bonds. The van der Waals surface area contributed by atoms with Gasteiger partial charge < -0.3 is 10.1 Å². The average Bonchev–Trinajstić information content (AvgIpc) is 2.45. The third-order valence-corrected chi connectivity index (χ3v) is 2.96. The molecule has 2 rings (SSSR count). The maximum absolute atomic E-state index is 5.56. The molecule has 0 fully saturated rings. The molecule has 0 radical (unpaired) electrons. The number of nitrogens with zero attached hydrogens (tertiary/aromatic N) is 2. The van der Waals surface area contributed by atoms with Gasteiger partial charge in [-0.1, -0.05) is 31.2 Å². The molecular formula is C16H21N3O. The van der Waals surface area contributed by atoms with Gasteiger partial charge in [0.1, 0.15) is 12.1 Å². The zero-order chi connectivity index (χ0) is 14.4. The zero-order valence-electron chi connectivity index (χ0n) is 12.3. The fraction of sp³-hybridized carbons (Fsp3) is 0.375. The molecular weight excluding hydrogens is 250 g/mol. The fourth-order valence-electron chi connectivity index (χ4n) is 2.00. The number of ether oxygens (including phenoxy) is 1. The van der Waals surface area contributed by atoms with Gasteiger partial charge >= 0.3 is 0 Å². The van der Waals surface area contributed by atoms with E-state index in [0.29, 0.717) is 5.88 Å². The van der Waals surface area contributed by atoms with Crippen molar-refractivity contribution >= 4 is 5.82 Å². The first kappa shape index (κ1) is 14.3. The maximum atomic E-state index is 5.56. The van der Waals surface area contributed by atoms with Crippen LogP contribution >= 0.6 is 0 Å². The van der Waals surface area contributed by atoms with Crippen LogP contribution in [0.15, 0.2) is 36.7 Å². The maximum Gasteiger partial charge on any atom is 0.218 e. The Balaban J connectivity index is 2.03. The largest absolute Gasteiger partial charge is 0.475 e. The van der Waals surface area contributed by atoms with Gasteiger partial charge in [-0.2, -0.15) is 0 Å². The molecule has 0 unspecified atom stereocenters. The third-order valence-electron chi connectivity index (χ3n) is 2.96. The summed E-state index contributed by atoms with van der Waals surface area (Å²) in [5, 5.41) is 3.32. The number of rotatable bonds is 6. The molecule has 0 bridgehead atoms. The summed E-state index contributed by atoms with van der Waals surface area (Å²) in [6.07, 6.45) is 2.66. The van der Waals surface area contributed by atoms with Crippen LogP contribution in [-0.4, -0.2) is 16.1 Å². The molecule has 0 aliphatic heterocycles. The van der Waals surface area contributed by atoms with E-state index in [1.54, 1.807) is 0 Å². The normalized spacial score (nSPS) is 10.6. The molecule has 0 saturated carbocycles. The van der Waals surface area contributed by atoms with Gasteiger partial charge in [0, 0.05) is 12.6 Å². The van der Waals surface area contributed by atoms with E-state index < -0.39 is 0 Å². The number of benzene rings is 1. The van der Waals surface area contributed by atoms with Crippen LogP contribution in [0.4, 0.5) is 5.82 Å². The topological polar surface area (TPSA) is 47.0 Å². The van der Waals surface area contributed by atoms with Crippen molar-refractivity contribution in [1.82, 2.24) is 9.97 Å². The smallest absolute Gasteiger partial charge is 0.218 e. The molecule has 0 aliphatic carbocycles. The van der Waals surface area contributed by atoms with Crippen LogP contribution in [0.2, 0.25) is 0 Å². The van der Waals surface area contributed by atoms with Crippen LogP contribution in [0.1, 0.15) is 31.9 Å². The number of hydrogen-bond acceptors (Lipinski definition) is 4. The van der Waals surface area contributed by atoms with Crippen molar-refractivity contribution < 1.29 is 4.74 Å². The molecule has 0 aliphatic rings. The molecule has 2 aromatic rings. The number of anilines is 1. The highest BCUT2D eigenvalue weighted by atomic mass is 16.5. The molecule has 0 saturated heterocycles. The van der Waals surface area contributed by atoms with Crippen molar-refractivity contribution in [3.05, 3.63) is 47.8 Å². The number of aromatic nitrogens is 2. The van der Waals surface area contributed by atoms with Crippen molar-refractivity contribution in [1.29, 1.82) is 0 Å². The summed E-state index contributed by atoms with van der Waals surface area (Å²) in [5.41, 5.74) is 2.65. The minimum Gasteiger partial charge on any atom is -0.475 e. The Kier molecular flexibility index (Phi) is 4.93. The molecule has 1 N–H and O–H groups in total. The summed E-state index contributed by atoms with van der Waals surface area (Å²) in [6.45, 7) is 6.87. The minimum atomic E-state index is 0.110. The number of nitrogens with one attached hydrogen (secondary N) is 1. The standard InChI is InChI=1S/C16H21N3O/c1-4-13-7-5-6-8-14(13)10-17-15-9-16(19-11-18-15)20-12(2)3/h5-9,11-12H,4,10H2,1-3H3,(H,17,18,19). The summed E-state index contributed by atoms with van der Waals surface area (Å²) < 4.78 is 5.56. The minimum absolute atomic E-state index is 0.110. The Morgan fingerprint density at radius 1 is 1.15 bits per heavy atom. The first-order valence-corrected chi connectivity index (χ1v) is 6.98. The third kappa shape index (κ3) is 3.95. The highest BCUT2D eigenvalue weighted by Gasteiger charge is 2.03. The highest BCUT2D eigenvalue weighted by Crippen LogP contribution is 2.15. The Labute approximate surface area is 120 Å². The number of aryl methyl sites for hydroxylation is 1. The summed E-state index contributed by atoms with van der Waals surface area (Å²) in [6, 6.07) is 10.3. The van der Waals surface area contributed by atoms with Crippen LogP contribution in [0.25, 0.3) is 0 Å². The van der Waals surface area contributed by atoms with Crippen molar-refractivity contribution in [2.24, 2.45) is 0 Å². The second-order valence-corrected chi connectivity index (χ2v) is 4.88. The van der Waals surface area contributed by atoms with E-state index in [-0.39, 0.29) is 6.10 Å². The predicted octanol–water partition coefficient (Wildman–Crippen LogP) is 3.44. The van der Waals surface area contributed by atoms with E-state index in [4.69, 9.17) is 4.74 Å². The molecule has 1 aromatic heterocycles. The van der Waals surface area contributed by atoms with Crippen LogP contribution < -0.4 is 10.1 Å². The van der Waals surface area contributed by atoms with Crippen molar-refractivity contribution in [3.8, 4) is 5.88 Å². The van der Waals surface area contributed by atoms with E-state index in [0.717, 1.165) is 18.8 Å². The first-order valence-electron chi connectivity index (χ1n) is 6.98. The van der Waals surface area contributed by atoms with Gasteiger partial charge in [-0.05, 0) is 31.4 Å². The molecule has 4 nitrogen and oxygen atoms in total. The van der Waals surface area contributed by atoms with Crippen molar-refractivity contribution in [2.75, 3.05) is 5.32 Å². The monoisotopic (exact) mass is 271 g/mol. The summed E-state index contributed by atoms with van der Waals surface area (Å²) >= 11 is 0. The SMILES string of the molecule is CCc1ccccc1CNc1cc(OC(C)C)ncn1. The van der Waals surface area contributed by atoms with E-state index >= 15 is 0 Å². The first-order chi connectivity index (χ1) is 9.69. The number of hydrogen-bond donors (Lipinski definition) is 1. The second kappa shape index (κ2) is 6.89.